The maximum Gasteiger partial charge on any atom is 0.272 e. The first kappa shape index (κ1) is 14.6. The van der Waals surface area contributed by atoms with Gasteiger partial charge >= 0.3 is 0 Å². The molecule has 1 aromatic heterocycles. The Kier molecular flexibility index (Phi) is 4.84. The van der Waals surface area contributed by atoms with E-state index in [4.69, 9.17) is 4.74 Å². The van der Waals surface area contributed by atoms with Crippen molar-refractivity contribution in [2.45, 2.75) is 25.4 Å². The lowest BCUT2D eigenvalue weighted by atomic mass is 10.1. The van der Waals surface area contributed by atoms with Gasteiger partial charge in [-0.05, 0) is 18.9 Å². The number of amides is 1. The molecule has 0 radical (unpaired) electrons. The van der Waals surface area contributed by atoms with Crippen molar-refractivity contribution in [1.29, 1.82) is 0 Å². The minimum absolute atomic E-state index is 0.00583. The van der Waals surface area contributed by atoms with E-state index in [0.29, 0.717) is 18.5 Å². The molecule has 1 unspecified atom stereocenters. The minimum Gasteiger partial charge on any atom is -0.472 e. The summed E-state index contributed by atoms with van der Waals surface area (Å²) in [6.07, 6.45) is -0.332. The molecule has 5 nitrogen and oxygen atoms in total. The number of nitrogens with zero attached hydrogens (tertiary/aromatic N) is 2. The molecule has 1 fully saturated rings. The number of β-amino-alcohol motifs (C(OH)–C–C–N with tert-alkyl or cyclic N) is 1. The van der Waals surface area contributed by atoms with Gasteiger partial charge in [-0.1, -0.05) is 0 Å². The third kappa shape index (κ3) is 3.86. The van der Waals surface area contributed by atoms with E-state index in [1.165, 1.54) is 18.3 Å². The summed E-state index contributed by atoms with van der Waals surface area (Å²) in [6, 6.07) is 2.84. The fourth-order valence-electron chi connectivity index (χ4n) is 2.09. The summed E-state index contributed by atoms with van der Waals surface area (Å²) in [6.45, 7) is 0.104. The number of carbonyl (C=O) groups is 1. The number of aliphatic hydroxyl groups excluding tert-OH is 1. The molecule has 0 spiro atoms. The number of hydrogen-bond donors (Lipinski definition) is 1. The van der Waals surface area contributed by atoms with Crippen LogP contribution < -0.4 is 4.74 Å². The quantitative estimate of drug-likeness (QED) is 0.907. The van der Waals surface area contributed by atoms with Crippen LogP contribution >= 0.6 is 0 Å². The average molecular weight is 286 g/mol. The van der Waals surface area contributed by atoms with E-state index in [1.54, 1.807) is 4.90 Å². The third-order valence-corrected chi connectivity index (χ3v) is 3.02. The van der Waals surface area contributed by atoms with Gasteiger partial charge in [0.2, 0.25) is 5.88 Å². The highest BCUT2D eigenvalue weighted by molar-refractivity contribution is 5.94. The molecule has 0 aromatic carbocycles. The molecule has 2 rings (SSSR count). The van der Waals surface area contributed by atoms with E-state index in [-0.39, 0.29) is 18.3 Å². The predicted octanol–water partition coefficient (Wildman–Crippen LogP) is 1.32. The van der Waals surface area contributed by atoms with E-state index in [9.17, 15) is 18.7 Å². The third-order valence-electron chi connectivity index (χ3n) is 3.02. The number of pyridine rings is 1. The highest BCUT2D eigenvalue weighted by Crippen LogP contribution is 2.16. The van der Waals surface area contributed by atoms with Crippen molar-refractivity contribution in [3.05, 3.63) is 23.9 Å². The number of aromatic nitrogens is 1. The first-order valence-electron chi connectivity index (χ1n) is 6.40. The molecule has 2 heterocycles. The SMILES string of the molecule is O=C(c1ccnc(OCC(F)F)c1)N1CCCC(O)C1. The van der Waals surface area contributed by atoms with Crippen LogP contribution in [0.1, 0.15) is 23.2 Å². The number of hydrogen-bond acceptors (Lipinski definition) is 4. The van der Waals surface area contributed by atoms with Crippen molar-refractivity contribution in [2.24, 2.45) is 0 Å². The van der Waals surface area contributed by atoms with Crippen LogP contribution in [0.4, 0.5) is 8.78 Å². The zero-order chi connectivity index (χ0) is 14.5. The van der Waals surface area contributed by atoms with Crippen LogP contribution in [0, 0.1) is 0 Å². The summed E-state index contributed by atoms with van der Waals surface area (Å²) in [5.41, 5.74) is 0.318. The molecule has 0 saturated carbocycles. The van der Waals surface area contributed by atoms with Crippen molar-refractivity contribution in [3.8, 4) is 5.88 Å². The largest absolute Gasteiger partial charge is 0.472 e. The Hall–Kier alpha value is -1.76. The Labute approximate surface area is 115 Å². The van der Waals surface area contributed by atoms with Crippen LogP contribution in [0.5, 0.6) is 5.88 Å². The molecular formula is C13H16F2N2O3. The highest BCUT2D eigenvalue weighted by Gasteiger charge is 2.23. The van der Waals surface area contributed by atoms with Gasteiger partial charge in [0.25, 0.3) is 12.3 Å². The maximum atomic E-state index is 12.2. The average Bonchev–Trinajstić information content (AvgIpc) is 2.44. The van der Waals surface area contributed by atoms with E-state index in [0.717, 1.165) is 6.42 Å². The predicted molar refractivity (Wildman–Crippen MR) is 66.9 cm³/mol. The van der Waals surface area contributed by atoms with Crippen LogP contribution in [0.3, 0.4) is 0 Å². The van der Waals surface area contributed by atoms with Gasteiger partial charge in [0.05, 0.1) is 6.10 Å². The smallest absolute Gasteiger partial charge is 0.272 e. The molecule has 0 bridgehead atoms. The topological polar surface area (TPSA) is 62.7 Å². The monoisotopic (exact) mass is 286 g/mol. The van der Waals surface area contributed by atoms with Gasteiger partial charge in [0, 0.05) is 30.9 Å². The maximum absolute atomic E-state index is 12.2. The lowest BCUT2D eigenvalue weighted by molar-refractivity contribution is 0.0472. The van der Waals surface area contributed by atoms with Crippen LogP contribution in [0.15, 0.2) is 18.3 Å². The minimum atomic E-state index is -2.59. The first-order chi connectivity index (χ1) is 9.56. The van der Waals surface area contributed by atoms with E-state index >= 15 is 0 Å². The number of ether oxygens (including phenoxy) is 1. The van der Waals surface area contributed by atoms with Crippen molar-refractivity contribution < 1.29 is 23.4 Å². The van der Waals surface area contributed by atoms with Crippen molar-refractivity contribution >= 4 is 5.91 Å². The molecule has 1 aromatic rings. The molecule has 110 valence electrons. The van der Waals surface area contributed by atoms with E-state index in [2.05, 4.69) is 4.98 Å². The molecule has 20 heavy (non-hydrogen) atoms. The molecule has 0 aliphatic carbocycles. The molecule has 1 atom stereocenters. The lowest BCUT2D eigenvalue weighted by Gasteiger charge is -2.30. The normalized spacial score (nSPS) is 19.2. The van der Waals surface area contributed by atoms with Gasteiger partial charge < -0.3 is 14.7 Å². The fourth-order valence-corrected chi connectivity index (χ4v) is 2.09. The summed E-state index contributed by atoms with van der Waals surface area (Å²) in [5, 5.41) is 9.56. The Bertz CT molecular complexity index is 471. The molecule has 1 aliphatic rings. The lowest BCUT2D eigenvalue weighted by Crippen LogP contribution is -2.42. The van der Waals surface area contributed by atoms with Gasteiger partial charge in [-0.2, -0.15) is 0 Å². The zero-order valence-corrected chi connectivity index (χ0v) is 10.8. The molecule has 1 amide bonds. The Balaban J connectivity index is 2.04. The van der Waals surface area contributed by atoms with Crippen LogP contribution in [-0.4, -0.2) is 53.1 Å². The standard InChI is InChI=1S/C13H16F2N2O3/c14-11(15)8-20-12-6-9(3-4-16-12)13(19)17-5-1-2-10(18)7-17/h3-4,6,10-11,18H,1-2,5,7-8H2. The van der Waals surface area contributed by atoms with Crippen LogP contribution in [0.2, 0.25) is 0 Å². The number of alkyl halides is 2. The summed E-state index contributed by atoms with van der Waals surface area (Å²) >= 11 is 0. The Morgan fingerprint density at radius 3 is 3.10 bits per heavy atom. The number of rotatable bonds is 4. The van der Waals surface area contributed by atoms with E-state index < -0.39 is 19.1 Å². The summed E-state index contributed by atoms with van der Waals surface area (Å²) in [5.74, 6) is -0.262. The number of piperidine rings is 1. The molecule has 1 saturated heterocycles. The second kappa shape index (κ2) is 6.60. The number of likely N-dealkylation sites (tertiary alicyclic amines) is 1. The van der Waals surface area contributed by atoms with Gasteiger partial charge in [-0.25, -0.2) is 13.8 Å². The number of halogens is 2. The van der Waals surface area contributed by atoms with E-state index in [1.807, 2.05) is 0 Å². The highest BCUT2D eigenvalue weighted by atomic mass is 19.3. The fraction of sp³-hybridized carbons (Fsp3) is 0.538. The number of carbonyl (C=O) groups excluding carboxylic acids is 1. The molecular weight excluding hydrogens is 270 g/mol. The molecule has 1 aliphatic heterocycles. The molecule has 1 N–H and O–H groups in total. The first-order valence-corrected chi connectivity index (χ1v) is 6.40. The summed E-state index contributed by atoms with van der Waals surface area (Å²) in [4.78, 5) is 17.5. The number of aliphatic hydroxyl groups is 1. The van der Waals surface area contributed by atoms with Crippen molar-refractivity contribution in [3.63, 3.8) is 0 Å². The van der Waals surface area contributed by atoms with Crippen LogP contribution in [-0.2, 0) is 0 Å². The second-order valence-corrected chi connectivity index (χ2v) is 4.63. The Morgan fingerprint density at radius 1 is 1.60 bits per heavy atom. The second-order valence-electron chi connectivity index (χ2n) is 4.63. The van der Waals surface area contributed by atoms with Crippen molar-refractivity contribution in [1.82, 2.24) is 9.88 Å². The van der Waals surface area contributed by atoms with Crippen LogP contribution in [0.25, 0.3) is 0 Å². The molecule has 7 heteroatoms. The van der Waals surface area contributed by atoms with Gasteiger partial charge in [-0.3, -0.25) is 4.79 Å². The summed E-state index contributed by atoms with van der Waals surface area (Å²) in [7, 11) is 0. The van der Waals surface area contributed by atoms with Gasteiger partial charge in [-0.15, -0.1) is 0 Å². The zero-order valence-electron chi connectivity index (χ0n) is 10.8. The van der Waals surface area contributed by atoms with Crippen molar-refractivity contribution in [2.75, 3.05) is 19.7 Å². The van der Waals surface area contributed by atoms with Gasteiger partial charge in [0.1, 0.15) is 0 Å². The Morgan fingerprint density at radius 2 is 2.40 bits per heavy atom. The van der Waals surface area contributed by atoms with Gasteiger partial charge in [0.15, 0.2) is 6.61 Å². The summed E-state index contributed by atoms with van der Waals surface area (Å²) < 4.78 is 28.9.